The summed E-state index contributed by atoms with van der Waals surface area (Å²) in [4.78, 5) is 5.25. The number of nitrogens with zero attached hydrogens (tertiary/aromatic N) is 3. The first-order valence-corrected chi connectivity index (χ1v) is 27.3. The van der Waals surface area contributed by atoms with Gasteiger partial charge in [0.1, 0.15) is 0 Å². The number of para-hydroxylation sites is 6. The van der Waals surface area contributed by atoms with Crippen LogP contribution < -0.4 is 9.80 Å². The zero-order valence-electron chi connectivity index (χ0n) is 40.4. The molecule has 3 nitrogen and oxygen atoms in total. The summed E-state index contributed by atoms with van der Waals surface area (Å²) in [5, 5.41) is 2.57. The van der Waals surface area contributed by atoms with Crippen molar-refractivity contribution in [3.63, 3.8) is 0 Å². The lowest BCUT2D eigenvalue weighted by Crippen LogP contribution is -2.57. The molecule has 8 bridgehead atoms. The topological polar surface area (TPSA) is 11.4 Å². The molecule has 3 heterocycles. The summed E-state index contributed by atoms with van der Waals surface area (Å²) >= 11 is 0. The third-order valence-corrected chi connectivity index (χ3v) is 20.7. The Hall–Kier alpha value is -6.84. The van der Waals surface area contributed by atoms with Crippen LogP contribution in [-0.2, 0) is 10.8 Å². The molecule has 8 aromatic carbocycles. The average Bonchev–Trinajstić information content (AvgIpc) is 3.75. The number of rotatable bonds is 4. The first kappa shape index (κ1) is 39.8. The van der Waals surface area contributed by atoms with E-state index < -0.39 is 0 Å². The van der Waals surface area contributed by atoms with E-state index in [-0.39, 0.29) is 10.8 Å². The van der Waals surface area contributed by atoms with E-state index in [0.717, 1.165) is 35.5 Å². The Morgan fingerprint density at radius 2 is 0.648 bits per heavy atom. The van der Waals surface area contributed by atoms with Crippen LogP contribution in [0.25, 0.3) is 38.6 Å². The first-order valence-electron chi connectivity index (χ1n) is 27.3. The van der Waals surface area contributed by atoms with Crippen LogP contribution in [0.2, 0.25) is 0 Å². The number of anilines is 6. The van der Waals surface area contributed by atoms with Crippen molar-refractivity contribution in [2.24, 2.45) is 47.3 Å². The molecule has 346 valence electrons. The SMILES string of the molecule is c1ccc2c(c1)N(c1ccc(-c3cc(N4c5ccccc5C5(c6ccccc64)C4CC6CC(C4)CC5C6)cc(-n4c5ccccc5c5ccccc54)c3)cc1)c1ccccc1C21C2CC3CC(C2)CC1C3. The van der Waals surface area contributed by atoms with Gasteiger partial charge in [-0.1, -0.05) is 121 Å². The van der Waals surface area contributed by atoms with Crippen molar-refractivity contribution in [1.29, 1.82) is 0 Å². The second kappa shape index (κ2) is 14.4. The van der Waals surface area contributed by atoms with Crippen molar-refractivity contribution in [2.75, 3.05) is 9.80 Å². The lowest BCUT2D eigenvalue weighted by atomic mass is 9.41. The zero-order valence-corrected chi connectivity index (χ0v) is 40.4. The van der Waals surface area contributed by atoms with Gasteiger partial charge in [0.05, 0.1) is 33.8 Å². The lowest BCUT2D eigenvalue weighted by Gasteiger charge is -2.64. The van der Waals surface area contributed by atoms with Crippen molar-refractivity contribution in [3.05, 3.63) is 210 Å². The zero-order chi connectivity index (χ0) is 46.2. The maximum atomic E-state index is 2.65. The Balaban J connectivity index is 0.847. The number of benzene rings is 8. The quantitative estimate of drug-likeness (QED) is 0.174. The van der Waals surface area contributed by atoms with Crippen molar-refractivity contribution in [3.8, 4) is 16.8 Å². The monoisotopic (exact) mass is 917 g/mol. The highest BCUT2D eigenvalue weighted by Crippen LogP contribution is 2.71. The summed E-state index contributed by atoms with van der Waals surface area (Å²) in [7, 11) is 0. The minimum absolute atomic E-state index is 0.0572. The number of hydrogen-bond donors (Lipinski definition) is 0. The fourth-order valence-corrected chi connectivity index (χ4v) is 18.8. The highest BCUT2D eigenvalue weighted by atomic mass is 15.2. The van der Waals surface area contributed by atoms with Gasteiger partial charge in [-0.2, -0.15) is 0 Å². The number of hydrogen-bond acceptors (Lipinski definition) is 2. The Bertz CT molecular complexity index is 3460. The molecule has 0 unspecified atom stereocenters. The number of fused-ring (bicyclic) bond motifs is 7. The van der Waals surface area contributed by atoms with Crippen LogP contribution in [-0.4, -0.2) is 4.57 Å². The van der Waals surface area contributed by atoms with Crippen molar-refractivity contribution < 1.29 is 0 Å². The van der Waals surface area contributed by atoms with E-state index in [1.54, 1.807) is 22.3 Å². The van der Waals surface area contributed by atoms with Gasteiger partial charge in [-0.25, -0.2) is 0 Å². The molecular weight excluding hydrogens is 859 g/mol. The van der Waals surface area contributed by atoms with E-state index in [0.29, 0.717) is 11.8 Å². The maximum Gasteiger partial charge on any atom is 0.0541 e. The predicted octanol–water partition coefficient (Wildman–Crippen LogP) is 17.5. The van der Waals surface area contributed by atoms with Gasteiger partial charge in [-0.15, -0.1) is 0 Å². The van der Waals surface area contributed by atoms with E-state index in [1.807, 2.05) is 0 Å². The third kappa shape index (κ3) is 5.20. The largest absolute Gasteiger partial charge is 0.310 e. The Labute approximate surface area is 417 Å². The summed E-state index contributed by atoms with van der Waals surface area (Å²) in [6, 6.07) is 73.3. The Kier molecular flexibility index (Phi) is 8.08. The van der Waals surface area contributed by atoms with Crippen molar-refractivity contribution in [1.82, 2.24) is 4.57 Å². The molecule has 9 aromatic rings. The molecule has 0 radical (unpaired) electrons. The summed E-state index contributed by atoms with van der Waals surface area (Å²) < 4.78 is 2.52. The molecule has 2 aliphatic heterocycles. The molecule has 10 aliphatic rings. The van der Waals surface area contributed by atoms with Crippen molar-refractivity contribution >= 4 is 55.9 Å². The summed E-state index contributed by atoms with van der Waals surface area (Å²) in [6.07, 6.45) is 14.0. The Morgan fingerprint density at radius 3 is 1.07 bits per heavy atom. The standard InChI is InChI=1S/C68H59N3/c1-7-19-61-55(13-1)56-14-2-8-20-62(56)70(61)53-39-47(40-54(41-53)71-65-23-11-5-17-59(65)68(60-18-6-12-24-66(60)71)50-35-44-30-45(37-50)38-51(68)36-44)46-25-27-52(28-26-46)69-63-21-9-3-15-57(63)67(58-16-4-10-22-64(58)69)48-31-42-29-43(33-48)34-49(67)32-42/h1-28,39-45,48-51H,29-38H2. The minimum Gasteiger partial charge on any atom is -0.310 e. The Morgan fingerprint density at radius 1 is 0.296 bits per heavy atom. The van der Waals surface area contributed by atoms with Gasteiger partial charge < -0.3 is 14.4 Å². The average molecular weight is 918 g/mol. The molecule has 0 atom stereocenters. The van der Waals surface area contributed by atoms with Gasteiger partial charge in [0.2, 0.25) is 0 Å². The predicted molar refractivity (Wildman–Crippen MR) is 291 cm³/mol. The van der Waals surface area contributed by atoms with Crippen LogP contribution >= 0.6 is 0 Å². The molecule has 2 spiro atoms. The van der Waals surface area contributed by atoms with E-state index in [9.17, 15) is 0 Å². The smallest absolute Gasteiger partial charge is 0.0541 e. The van der Waals surface area contributed by atoms with E-state index in [2.05, 4.69) is 202 Å². The molecule has 19 rings (SSSR count). The molecule has 3 heteroatoms. The van der Waals surface area contributed by atoms with Gasteiger partial charge in [0.15, 0.2) is 0 Å². The molecule has 8 fully saturated rings. The minimum atomic E-state index is 0.0572. The van der Waals surface area contributed by atoms with E-state index in [4.69, 9.17) is 0 Å². The van der Waals surface area contributed by atoms with Crippen LogP contribution in [0.4, 0.5) is 34.1 Å². The highest BCUT2D eigenvalue weighted by Gasteiger charge is 2.63. The van der Waals surface area contributed by atoms with Crippen molar-refractivity contribution in [2.45, 2.75) is 75.0 Å². The van der Waals surface area contributed by atoms with E-state index in [1.165, 1.54) is 137 Å². The first-order chi connectivity index (χ1) is 35.1. The second-order valence-corrected chi connectivity index (χ2v) is 23.7. The highest BCUT2D eigenvalue weighted by molar-refractivity contribution is 6.09. The van der Waals surface area contributed by atoms with Gasteiger partial charge in [-0.05, 0) is 212 Å². The fraction of sp³-hybridized carbons (Fsp3) is 0.294. The summed E-state index contributed by atoms with van der Waals surface area (Å²) in [5.74, 6) is 6.46. The molecule has 1 aromatic heterocycles. The molecule has 71 heavy (non-hydrogen) atoms. The molecule has 8 saturated carbocycles. The molecule has 0 saturated heterocycles. The molecule has 0 N–H and O–H groups in total. The van der Waals surface area contributed by atoms with Crippen LogP contribution in [0.15, 0.2) is 188 Å². The van der Waals surface area contributed by atoms with Gasteiger partial charge >= 0.3 is 0 Å². The van der Waals surface area contributed by atoms with Gasteiger partial charge in [0.25, 0.3) is 0 Å². The van der Waals surface area contributed by atoms with Gasteiger partial charge in [0, 0.05) is 38.7 Å². The summed E-state index contributed by atoms with van der Waals surface area (Å²) in [5.41, 5.74) is 20.4. The van der Waals surface area contributed by atoms with Crippen LogP contribution in [0.3, 0.4) is 0 Å². The van der Waals surface area contributed by atoms with E-state index >= 15 is 0 Å². The lowest BCUT2D eigenvalue weighted by molar-refractivity contribution is -0.0419. The summed E-state index contributed by atoms with van der Waals surface area (Å²) in [6.45, 7) is 0. The molecular formula is C68H59N3. The van der Waals surface area contributed by atoms with Crippen LogP contribution in [0.5, 0.6) is 0 Å². The maximum absolute atomic E-state index is 2.65. The molecule has 0 amide bonds. The fourth-order valence-electron chi connectivity index (χ4n) is 18.8. The van der Waals surface area contributed by atoms with Crippen LogP contribution in [0, 0.1) is 47.3 Å². The third-order valence-electron chi connectivity index (χ3n) is 20.7. The number of aromatic nitrogens is 1. The second-order valence-electron chi connectivity index (χ2n) is 23.7. The molecule has 8 aliphatic carbocycles. The van der Waals surface area contributed by atoms with Gasteiger partial charge in [-0.3, -0.25) is 0 Å². The normalized spacial score (nSPS) is 27.3. The van der Waals surface area contributed by atoms with Crippen LogP contribution in [0.1, 0.15) is 86.5 Å².